The molecular weight excluding hydrogens is 969 g/mol. The number of aromatic hydroxyl groups is 6. The highest BCUT2D eigenvalue weighted by Crippen LogP contribution is 2.74. The van der Waals surface area contributed by atoms with E-state index >= 15 is 4.79 Å². The predicted octanol–water partition coefficient (Wildman–Crippen LogP) is 12.1. The molecule has 1 spiro atoms. The van der Waals surface area contributed by atoms with E-state index in [9.17, 15) is 35.7 Å². The molecule has 5 saturated carbocycles. The SMILES string of the molecule is NCOc1cc(CCC(=O)C2CC(Cc3ccc(O)cc3O)C3CC4CC(C56CC7(CCCC7)CCC5c5cc[nH]c5-c5ccccc56)C(c5cc(O)c(O)c(OC6(c7cccc(O)c7)CCCC6)c54)C3C2O)ccc1O. The Morgan fingerprint density at radius 1 is 0.753 bits per heavy atom. The summed E-state index contributed by atoms with van der Waals surface area (Å²) in [4.78, 5) is 19.0. The van der Waals surface area contributed by atoms with E-state index in [2.05, 4.69) is 41.5 Å². The molecule has 12 heteroatoms. The number of nitrogens with one attached hydrogen (secondary N) is 1. The second-order valence-electron chi connectivity index (χ2n) is 24.5. The Bertz CT molecular complexity index is 3240. The molecule has 0 radical (unpaired) electrons. The molecule has 1 heterocycles. The molecule has 2 bridgehead atoms. The van der Waals surface area contributed by atoms with Crippen LogP contribution >= 0.6 is 0 Å². The van der Waals surface area contributed by atoms with Gasteiger partial charge in [-0.3, -0.25) is 10.5 Å². The Morgan fingerprint density at radius 2 is 1.55 bits per heavy atom. The minimum atomic E-state index is -1.10. The number of rotatable bonds is 12. The van der Waals surface area contributed by atoms with Gasteiger partial charge >= 0.3 is 0 Å². The summed E-state index contributed by atoms with van der Waals surface area (Å²) in [7, 11) is 0. The van der Waals surface area contributed by atoms with Crippen LogP contribution in [-0.2, 0) is 28.7 Å². The van der Waals surface area contributed by atoms with E-state index < -0.39 is 34.9 Å². The van der Waals surface area contributed by atoms with Crippen LogP contribution in [0.5, 0.6) is 46.0 Å². The fourth-order valence-electron chi connectivity index (χ4n) is 17.8. The summed E-state index contributed by atoms with van der Waals surface area (Å²) in [5.74, 6) is -2.44. The highest BCUT2D eigenvalue weighted by atomic mass is 16.5. The van der Waals surface area contributed by atoms with Crippen molar-refractivity contribution in [2.45, 2.75) is 144 Å². The van der Waals surface area contributed by atoms with Crippen molar-refractivity contribution in [2.75, 3.05) is 6.73 Å². The van der Waals surface area contributed by atoms with Crippen molar-refractivity contribution >= 4 is 5.78 Å². The highest BCUT2D eigenvalue weighted by Gasteiger charge is 2.66. The molecule has 0 amide bonds. The Balaban J connectivity index is 1.02. The molecule has 0 aliphatic heterocycles. The zero-order valence-corrected chi connectivity index (χ0v) is 43.7. The smallest absolute Gasteiger partial charge is 0.200 e. The number of aliphatic hydroxyl groups excluding tert-OH is 1. The van der Waals surface area contributed by atoms with E-state index in [0.29, 0.717) is 44.1 Å². The van der Waals surface area contributed by atoms with Crippen LogP contribution in [0.25, 0.3) is 11.3 Å². The number of hydrogen-bond donors (Lipinski definition) is 9. The van der Waals surface area contributed by atoms with E-state index in [4.69, 9.17) is 15.2 Å². The summed E-state index contributed by atoms with van der Waals surface area (Å²) in [6, 6.07) is 30.0. The van der Waals surface area contributed by atoms with Gasteiger partial charge < -0.3 is 50.2 Å². The number of ketones is 1. The fourth-order valence-corrected chi connectivity index (χ4v) is 17.8. The number of aliphatic hydroxyl groups is 1. The normalized spacial score (nSPS) is 29.1. The Hall–Kier alpha value is -6.63. The van der Waals surface area contributed by atoms with Gasteiger partial charge in [0, 0.05) is 46.8 Å². The van der Waals surface area contributed by atoms with Crippen molar-refractivity contribution < 1.29 is 50.0 Å². The van der Waals surface area contributed by atoms with Crippen molar-refractivity contribution in [3.8, 4) is 57.3 Å². The third-order valence-electron chi connectivity index (χ3n) is 20.9. The summed E-state index contributed by atoms with van der Waals surface area (Å²) in [6.07, 6.45) is 14.4. The zero-order valence-electron chi connectivity index (χ0n) is 43.7. The van der Waals surface area contributed by atoms with Gasteiger partial charge in [-0.2, -0.15) is 0 Å². The quantitative estimate of drug-likeness (QED) is 0.0415. The van der Waals surface area contributed by atoms with Crippen molar-refractivity contribution in [2.24, 2.45) is 40.7 Å². The number of carbonyl (C=O) groups is 1. The van der Waals surface area contributed by atoms with Crippen LogP contribution in [0, 0.1) is 35.0 Å². The average Bonchev–Trinajstić information content (AvgIpc) is 4.30. The molecule has 10 N–H and O–H groups in total. The number of fused-ring (bicyclic) bond motifs is 8. The van der Waals surface area contributed by atoms with E-state index in [0.717, 1.165) is 73.6 Å². The lowest BCUT2D eigenvalue weighted by Gasteiger charge is -2.61. The van der Waals surface area contributed by atoms with Gasteiger partial charge in [-0.15, -0.1) is 0 Å². The first kappa shape index (κ1) is 49.9. The molecule has 8 aliphatic carbocycles. The maximum atomic E-state index is 15.3. The van der Waals surface area contributed by atoms with Crippen molar-refractivity contribution in [1.29, 1.82) is 0 Å². The van der Waals surface area contributed by atoms with Gasteiger partial charge in [-0.25, -0.2) is 0 Å². The molecule has 12 nitrogen and oxygen atoms in total. The molecule has 402 valence electrons. The van der Waals surface area contributed by atoms with Crippen LogP contribution in [0.1, 0.15) is 153 Å². The largest absolute Gasteiger partial charge is 0.508 e. The minimum absolute atomic E-state index is 0.0256. The Morgan fingerprint density at radius 3 is 2.34 bits per heavy atom. The van der Waals surface area contributed by atoms with Crippen LogP contribution in [0.15, 0.2) is 103 Å². The van der Waals surface area contributed by atoms with Crippen LogP contribution < -0.4 is 15.2 Å². The van der Waals surface area contributed by atoms with Gasteiger partial charge in [-0.1, -0.05) is 61.4 Å². The van der Waals surface area contributed by atoms with Gasteiger partial charge in [-0.05, 0) is 213 Å². The number of carbonyl (C=O) groups excluding carboxylic acids is 1. The van der Waals surface area contributed by atoms with Gasteiger partial charge in [0.05, 0.1) is 6.10 Å². The van der Waals surface area contributed by atoms with Crippen LogP contribution in [-0.4, -0.2) is 59.3 Å². The van der Waals surface area contributed by atoms with E-state index in [1.54, 1.807) is 48.5 Å². The number of H-pyrrole nitrogens is 1. The number of phenols is 6. The summed E-state index contributed by atoms with van der Waals surface area (Å²) in [6.45, 7) is -0.124. The standard InChI is InChI=1S/C65H72N2O10/c66-35-76-55-26-36(13-17-52(55)71)12-16-51(70)46-28-38(27-37-14-15-42(69)32-53(37)72)45-29-39-30-50(65-34-63(20-3-4-21-63)24-18-49(65)44-19-25-67-59(44)43-10-1-2-11-48(43)65)57(58(45)60(46)74)47-33-54(73)61(75)62(56(39)47)77-64(22-5-6-23-64)40-8-7-9-41(68)31-40/h1-2,7-11,13-15,17,19,25-26,31-33,38-39,45-46,49-50,57-58,60,67-69,71-75H,3-6,12,16,18,20-24,27-30,34-35,66H2. The average molecular weight is 1040 g/mol. The van der Waals surface area contributed by atoms with Crippen molar-refractivity contribution in [3.63, 3.8) is 0 Å². The lowest BCUT2D eigenvalue weighted by atomic mass is 9.42. The number of aryl methyl sites for hydroxylation is 1. The highest BCUT2D eigenvalue weighted by molar-refractivity contribution is 5.82. The molecule has 10 unspecified atom stereocenters. The second kappa shape index (κ2) is 19.1. The number of aromatic amines is 1. The lowest BCUT2D eigenvalue weighted by Crippen LogP contribution is -2.56. The lowest BCUT2D eigenvalue weighted by molar-refractivity contribution is -0.136. The van der Waals surface area contributed by atoms with Crippen LogP contribution in [0.3, 0.4) is 0 Å². The van der Waals surface area contributed by atoms with E-state index in [1.807, 2.05) is 12.1 Å². The van der Waals surface area contributed by atoms with Gasteiger partial charge in [0.15, 0.2) is 23.0 Å². The van der Waals surface area contributed by atoms with Crippen LogP contribution in [0.2, 0.25) is 0 Å². The maximum absolute atomic E-state index is 15.3. The molecule has 77 heavy (non-hydrogen) atoms. The summed E-state index contributed by atoms with van der Waals surface area (Å²) in [5.41, 5.74) is 13.5. The van der Waals surface area contributed by atoms with Crippen molar-refractivity contribution in [3.05, 3.63) is 142 Å². The van der Waals surface area contributed by atoms with Gasteiger partial charge in [0.25, 0.3) is 0 Å². The van der Waals surface area contributed by atoms with Gasteiger partial charge in [0.1, 0.15) is 35.4 Å². The molecule has 6 aromatic rings. The third kappa shape index (κ3) is 8.08. The molecule has 0 saturated heterocycles. The number of nitrogens with two attached hydrogens (primary N) is 1. The van der Waals surface area contributed by atoms with Gasteiger partial charge in [0.2, 0.25) is 5.75 Å². The molecular formula is C65H72N2O10. The summed E-state index contributed by atoms with van der Waals surface area (Å²) >= 11 is 0. The van der Waals surface area contributed by atoms with Crippen LogP contribution in [0.4, 0.5) is 0 Å². The molecule has 10 atom stereocenters. The molecule has 5 aromatic carbocycles. The zero-order chi connectivity index (χ0) is 53.0. The van der Waals surface area contributed by atoms with E-state index in [1.165, 1.54) is 41.3 Å². The molecule has 1 aromatic heterocycles. The minimum Gasteiger partial charge on any atom is -0.508 e. The first-order valence-electron chi connectivity index (χ1n) is 28.5. The topological polar surface area (TPSA) is 219 Å². The monoisotopic (exact) mass is 1040 g/mol. The summed E-state index contributed by atoms with van der Waals surface area (Å²) < 4.78 is 12.9. The molecule has 5 fully saturated rings. The third-order valence-corrected chi connectivity index (χ3v) is 20.9. The summed E-state index contributed by atoms with van der Waals surface area (Å²) in [5, 5.41) is 82.0. The molecule has 8 aliphatic rings. The number of hydrogen-bond acceptors (Lipinski definition) is 11. The number of benzene rings is 5. The Labute approximate surface area is 449 Å². The second-order valence-corrected chi connectivity index (χ2v) is 24.5. The number of Topliss-reactive ketones (excluding diaryl/α,β-unsaturated/α-hetero) is 1. The van der Waals surface area contributed by atoms with E-state index in [-0.39, 0.29) is 99.9 Å². The number of aromatic nitrogens is 1. The maximum Gasteiger partial charge on any atom is 0.200 e. The Kier molecular flexibility index (Phi) is 12.4. The number of ether oxygens (including phenoxy) is 2. The first-order valence-corrected chi connectivity index (χ1v) is 28.5. The molecule has 14 rings (SSSR count). The fraction of sp³-hybridized carbons (Fsp3) is 0.462. The first-order chi connectivity index (χ1) is 37.3. The number of phenolic OH excluding ortho intramolecular Hbond substituents is 6. The van der Waals surface area contributed by atoms with Crippen molar-refractivity contribution in [1.82, 2.24) is 4.98 Å². The predicted molar refractivity (Wildman–Crippen MR) is 291 cm³/mol.